The first kappa shape index (κ1) is 10.9. The summed E-state index contributed by atoms with van der Waals surface area (Å²) in [7, 11) is 0. The molecule has 0 radical (unpaired) electrons. The van der Waals surface area contributed by atoms with Gasteiger partial charge >= 0.3 is 5.97 Å². The van der Waals surface area contributed by atoms with Gasteiger partial charge in [0.1, 0.15) is 5.65 Å². The van der Waals surface area contributed by atoms with E-state index in [0.717, 1.165) is 5.16 Å². The van der Waals surface area contributed by atoms with Crippen molar-refractivity contribution in [2.24, 2.45) is 0 Å². The maximum Gasteiger partial charge on any atom is 0.357 e. The van der Waals surface area contributed by atoms with Crippen LogP contribution in [0.1, 0.15) is 17.4 Å². The van der Waals surface area contributed by atoms with Crippen molar-refractivity contribution in [1.82, 2.24) is 14.4 Å². The van der Waals surface area contributed by atoms with E-state index in [1.807, 2.05) is 6.26 Å². The molecule has 0 aliphatic carbocycles. The van der Waals surface area contributed by atoms with E-state index in [0.29, 0.717) is 17.9 Å². The van der Waals surface area contributed by atoms with Crippen LogP contribution in [0.2, 0.25) is 0 Å². The third kappa shape index (κ3) is 1.76. The standard InChI is InChI=1S/C10H11N3O2S/c1-3-15-9(14)7-6-12-8-4-5-11-10(16-2)13(7)8/h4-6H,3H2,1-2H3. The number of hydrogen-bond acceptors (Lipinski definition) is 5. The molecule has 0 N–H and O–H groups in total. The Morgan fingerprint density at radius 2 is 2.38 bits per heavy atom. The molecular weight excluding hydrogens is 226 g/mol. The molecule has 84 valence electrons. The van der Waals surface area contributed by atoms with E-state index >= 15 is 0 Å². The Balaban J connectivity index is 2.58. The molecule has 0 aliphatic rings. The molecule has 16 heavy (non-hydrogen) atoms. The summed E-state index contributed by atoms with van der Waals surface area (Å²) in [5, 5.41) is 0.720. The molecule has 0 saturated carbocycles. The summed E-state index contributed by atoms with van der Waals surface area (Å²) in [6, 6.07) is 1.75. The normalized spacial score (nSPS) is 10.6. The van der Waals surface area contributed by atoms with Gasteiger partial charge in [0, 0.05) is 6.20 Å². The summed E-state index contributed by atoms with van der Waals surface area (Å²) < 4.78 is 6.65. The SMILES string of the molecule is CCOC(=O)c1cnc2ccnc(SC)n12. The largest absolute Gasteiger partial charge is 0.461 e. The fraction of sp³-hybridized carbons (Fsp3) is 0.300. The van der Waals surface area contributed by atoms with Gasteiger partial charge < -0.3 is 4.74 Å². The van der Waals surface area contributed by atoms with Gasteiger partial charge in [0.2, 0.25) is 0 Å². The van der Waals surface area contributed by atoms with Crippen molar-refractivity contribution in [3.63, 3.8) is 0 Å². The zero-order chi connectivity index (χ0) is 11.5. The highest BCUT2D eigenvalue weighted by Crippen LogP contribution is 2.16. The summed E-state index contributed by atoms with van der Waals surface area (Å²) in [5.41, 5.74) is 1.11. The van der Waals surface area contributed by atoms with Gasteiger partial charge in [-0.25, -0.2) is 14.8 Å². The molecule has 6 heteroatoms. The number of nitrogens with zero attached hydrogens (tertiary/aromatic N) is 3. The molecular formula is C10H11N3O2S. The second-order valence-corrected chi connectivity index (χ2v) is 3.76. The molecule has 2 heterocycles. The zero-order valence-electron chi connectivity index (χ0n) is 9.01. The van der Waals surface area contributed by atoms with Gasteiger partial charge in [-0.15, -0.1) is 0 Å². The van der Waals surface area contributed by atoms with Crippen molar-refractivity contribution in [1.29, 1.82) is 0 Å². The number of aromatic nitrogens is 3. The molecule has 0 amide bonds. The molecule has 5 nitrogen and oxygen atoms in total. The smallest absolute Gasteiger partial charge is 0.357 e. The molecule has 0 aliphatic heterocycles. The first-order valence-corrected chi connectivity index (χ1v) is 6.04. The number of carbonyl (C=O) groups is 1. The summed E-state index contributed by atoms with van der Waals surface area (Å²) in [5.74, 6) is -0.377. The fourth-order valence-electron chi connectivity index (χ4n) is 1.40. The minimum atomic E-state index is -0.377. The van der Waals surface area contributed by atoms with Crippen LogP contribution in [-0.2, 0) is 4.74 Å². The van der Waals surface area contributed by atoms with Gasteiger partial charge in [-0.05, 0) is 19.2 Å². The van der Waals surface area contributed by atoms with Gasteiger partial charge in [-0.1, -0.05) is 11.8 Å². The van der Waals surface area contributed by atoms with Crippen LogP contribution in [0.15, 0.2) is 23.6 Å². The van der Waals surface area contributed by atoms with Crippen LogP contribution in [0.3, 0.4) is 0 Å². The topological polar surface area (TPSA) is 56.5 Å². The third-order valence-corrected chi connectivity index (χ3v) is 2.71. The van der Waals surface area contributed by atoms with E-state index in [4.69, 9.17) is 4.74 Å². The van der Waals surface area contributed by atoms with E-state index in [9.17, 15) is 4.79 Å². The van der Waals surface area contributed by atoms with Crippen molar-refractivity contribution in [2.45, 2.75) is 12.1 Å². The van der Waals surface area contributed by atoms with E-state index in [2.05, 4.69) is 9.97 Å². The lowest BCUT2D eigenvalue weighted by Gasteiger charge is -2.04. The number of fused-ring (bicyclic) bond motifs is 1. The number of rotatable bonds is 3. The number of carbonyl (C=O) groups excluding carboxylic acids is 1. The van der Waals surface area contributed by atoms with Crippen LogP contribution in [0, 0.1) is 0 Å². The summed E-state index contributed by atoms with van der Waals surface area (Å²) in [6.45, 7) is 2.12. The van der Waals surface area contributed by atoms with Crippen LogP contribution >= 0.6 is 11.8 Å². The lowest BCUT2D eigenvalue weighted by atomic mass is 10.5. The average Bonchev–Trinajstić information content (AvgIpc) is 2.72. The Morgan fingerprint density at radius 3 is 3.06 bits per heavy atom. The van der Waals surface area contributed by atoms with Gasteiger partial charge in [0.25, 0.3) is 0 Å². The highest BCUT2D eigenvalue weighted by molar-refractivity contribution is 7.98. The van der Waals surface area contributed by atoms with Crippen LogP contribution in [-0.4, -0.2) is 33.2 Å². The second-order valence-electron chi connectivity index (χ2n) is 2.99. The Hall–Kier alpha value is -1.56. The van der Waals surface area contributed by atoms with Crippen LogP contribution < -0.4 is 0 Å². The Kier molecular flexibility index (Phi) is 3.09. The number of imidazole rings is 1. The number of ether oxygens (including phenoxy) is 1. The summed E-state index contributed by atoms with van der Waals surface area (Å²) in [6.07, 6.45) is 5.08. The Labute approximate surface area is 96.8 Å². The lowest BCUT2D eigenvalue weighted by molar-refractivity contribution is 0.0517. The quantitative estimate of drug-likeness (QED) is 0.461. The second kappa shape index (κ2) is 4.52. The van der Waals surface area contributed by atoms with Gasteiger partial charge in [0.05, 0.1) is 12.8 Å². The number of esters is 1. The van der Waals surface area contributed by atoms with Gasteiger partial charge in [-0.2, -0.15) is 0 Å². The Bertz CT molecular complexity index is 524. The minimum Gasteiger partial charge on any atom is -0.461 e. The monoisotopic (exact) mass is 237 g/mol. The average molecular weight is 237 g/mol. The maximum absolute atomic E-state index is 11.7. The summed E-state index contributed by atoms with van der Waals surface area (Å²) in [4.78, 5) is 20.0. The van der Waals surface area contributed by atoms with E-state index < -0.39 is 0 Å². The molecule has 0 aromatic carbocycles. The predicted octanol–water partition coefficient (Wildman–Crippen LogP) is 1.63. The van der Waals surface area contributed by atoms with Gasteiger partial charge in [-0.3, -0.25) is 4.40 Å². The highest BCUT2D eigenvalue weighted by Gasteiger charge is 2.15. The third-order valence-electron chi connectivity index (χ3n) is 2.06. The van der Waals surface area contributed by atoms with Crippen molar-refractivity contribution >= 4 is 23.4 Å². The van der Waals surface area contributed by atoms with E-state index in [1.165, 1.54) is 18.0 Å². The highest BCUT2D eigenvalue weighted by atomic mass is 32.2. The predicted molar refractivity (Wildman–Crippen MR) is 60.7 cm³/mol. The van der Waals surface area contributed by atoms with Crippen LogP contribution in [0.4, 0.5) is 0 Å². The molecule has 2 rings (SSSR count). The maximum atomic E-state index is 11.7. The first-order valence-electron chi connectivity index (χ1n) is 4.81. The Morgan fingerprint density at radius 1 is 1.56 bits per heavy atom. The molecule has 0 spiro atoms. The molecule has 0 bridgehead atoms. The molecule has 0 saturated heterocycles. The van der Waals surface area contributed by atoms with Crippen molar-refractivity contribution < 1.29 is 9.53 Å². The fourth-order valence-corrected chi connectivity index (χ4v) is 1.94. The molecule has 0 unspecified atom stereocenters. The molecule has 2 aromatic heterocycles. The van der Waals surface area contributed by atoms with Crippen molar-refractivity contribution in [3.05, 3.63) is 24.2 Å². The lowest BCUT2D eigenvalue weighted by Crippen LogP contribution is -2.09. The molecule has 0 atom stereocenters. The van der Waals surface area contributed by atoms with Crippen molar-refractivity contribution in [3.8, 4) is 0 Å². The van der Waals surface area contributed by atoms with Gasteiger partial charge in [0.15, 0.2) is 10.9 Å². The van der Waals surface area contributed by atoms with Crippen molar-refractivity contribution in [2.75, 3.05) is 12.9 Å². The summed E-state index contributed by atoms with van der Waals surface area (Å²) >= 11 is 1.46. The zero-order valence-corrected chi connectivity index (χ0v) is 9.82. The number of thioether (sulfide) groups is 1. The molecule has 0 fully saturated rings. The minimum absolute atomic E-state index is 0.348. The van der Waals surface area contributed by atoms with Crippen LogP contribution in [0.25, 0.3) is 5.65 Å². The van der Waals surface area contributed by atoms with Crippen LogP contribution in [0.5, 0.6) is 0 Å². The number of hydrogen-bond donors (Lipinski definition) is 0. The first-order chi connectivity index (χ1) is 7.77. The van der Waals surface area contributed by atoms with E-state index in [-0.39, 0.29) is 5.97 Å². The molecule has 2 aromatic rings. The van der Waals surface area contributed by atoms with E-state index in [1.54, 1.807) is 23.6 Å².